The second-order valence-electron chi connectivity index (χ2n) is 7.02. The first kappa shape index (κ1) is 21.8. The van der Waals surface area contributed by atoms with Crippen LogP contribution in [-0.4, -0.2) is 47.6 Å². The number of rotatable bonds is 5. The fourth-order valence-electron chi connectivity index (χ4n) is 3.29. The van der Waals surface area contributed by atoms with E-state index in [-0.39, 0.29) is 11.7 Å². The van der Waals surface area contributed by atoms with Crippen LogP contribution < -0.4 is 15.0 Å². The van der Waals surface area contributed by atoms with Gasteiger partial charge in [0.05, 0.1) is 31.7 Å². The van der Waals surface area contributed by atoms with Gasteiger partial charge in [0, 0.05) is 30.7 Å². The molecular weight excluding hydrogens is 429 g/mol. The van der Waals surface area contributed by atoms with Gasteiger partial charge < -0.3 is 14.4 Å². The third-order valence-corrected chi connectivity index (χ3v) is 5.03. The van der Waals surface area contributed by atoms with Crippen LogP contribution in [0.25, 0.3) is 16.9 Å². The van der Waals surface area contributed by atoms with Crippen LogP contribution in [0.2, 0.25) is 0 Å². The second kappa shape index (κ2) is 8.95. The number of amides is 2. The third kappa shape index (κ3) is 4.31. The minimum Gasteiger partial charge on any atom is -0.493 e. The van der Waals surface area contributed by atoms with Crippen LogP contribution in [0.4, 0.5) is 20.7 Å². The van der Waals surface area contributed by atoms with Gasteiger partial charge in [-0.05, 0) is 42.5 Å². The first-order valence-corrected chi connectivity index (χ1v) is 9.81. The molecule has 0 saturated carbocycles. The molecule has 0 radical (unpaired) electrons. The third-order valence-electron chi connectivity index (χ3n) is 5.03. The summed E-state index contributed by atoms with van der Waals surface area (Å²) in [4.78, 5) is 34.6. The number of fused-ring (bicyclic) bond motifs is 1. The van der Waals surface area contributed by atoms with Gasteiger partial charge in [0.1, 0.15) is 11.6 Å². The number of imidazole rings is 1. The lowest BCUT2D eigenvalue weighted by atomic mass is 10.2. The minimum atomic E-state index is -0.622. The Morgan fingerprint density at radius 2 is 1.82 bits per heavy atom. The van der Waals surface area contributed by atoms with E-state index in [4.69, 9.17) is 4.74 Å². The number of nitrogens with one attached hydrogen (secondary N) is 1. The fraction of sp³-hybridized carbons (Fsp3) is 0.130. The highest BCUT2D eigenvalue weighted by atomic mass is 19.1. The second-order valence-corrected chi connectivity index (χ2v) is 7.02. The van der Waals surface area contributed by atoms with Crippen molar-refractivity contribution in [3.63, 3.8) is 0 Å². The van der Waals surface area contributed by atoms with E-state index in [2.05, 4.69) is 20.0 Å². The maximum absolute atomic E-state index is 13.3. The number of halogens is 1. The Morgan fingerprint density at radius 1 is 1.06 bits per heavy atom. The van der Waals surface area contributed by atoms with Gasteiger partial charge >= 0.3 is 6.09 Å². The maximum atomic E-state index is 13.3. The Kier molecular flexibility index (Phi) is 5.90. The molecule has 0 unspecified atom stereocenters. The molecule has 2 amide bonds. The van der Waals surface area contributed by atoms with E-state index in [0.29, 0.717) is 39.7 Å². The zero-order valence-electron chi connectivity index (χ0n) is 18.1. The van der Waals surface area contributed by atoms with Crippen molar-refractivity contribution in [2.45, 2.75) is 0 Å². The van der Waals surface area contributed by atoms with Gasteiger partial charge in [0.15, 0.2) is 11.4 Å². The molecule has 0 aliphatic carbocycles. The Hall–Kier alpha value is -4.47. The van der Waals surface area contributed by atoms with Gasteiger partial charge in [-0.25, -0.2) is 19.2 Å². The monoisotopic (exact) mass is 449 g/mol. The number of methoxy groups -OCH3 is 2. The van der Waals surface area contributed by atoms with Gasteiger partial charge in [0.2, 0.25) is 0 Å². The highest BCUT2D eigenvalue weighted by Gasteiger charge is 2.19. The SMILES string of the molecule is COC(=O)Nc1ccc(-c2cnc3c(OC)cc(C(=O)N(C)c4ccc(F)cc4)cn23)cn1. The van der Waals surface area contributed by atoms with Gasteiger partial charge in [-0.1, -0.05) is 0 Å². The zero-order chi connectivity index (χ0) is 23.5. The molecule has 0 aliphatic rings. The average Bonchev–Trinajstić information content (AvgIpc) is 3.27. The average molecular weight is 449 g/mol. The number of carbonyl (C=O) groups excluding carboxylic acids is 2. The number of nitrogens with zero attached hydrogens (tertiary/aromatic N) is 4. The first-order chi connectivity index (χ1) is 15.9. The summed E-state index contributed by atoms with van der Waals surface area (Å²) in [6, 6.07) is 10.6. The molecule has 1 N–H and O–H groups in total. The van der Waals surface area contributed by atoms with Crippen molar-refractivity contribution in [3.8, 4) is 17.0 Å². The summed E-state index contributed by atoms with van der Waals surface area (Å²) in [5, 5.41) is 2.49. The van der Waals surface area contributed by atoms with Crippen molar-refractivity contribution in [2.75, 3.05) is 31.5 Å². The molecule has 0 atom stereocenters. The molecule has 0 saturated heterocycles. The Balaban J connectivity index is 1.72. The normalized spacial score (nSPS) is 10.7. The summed E-state index contributed by atoms with van der Waals surface area (Å²) >= 11 is 0. The van der Waals surface area contributed by atoms with Crippen molar-refractivity contribution >= 4 is 29.2 Å². The number of carbonyl (C=O) groups is 2. The van der Waals surface area contributed by atoms with Crippen molar-refractivity contribution in [1.29, 1.82) is 0 Å². The quantitative estimate of drug-likeness (QED) is 0.495. The van der Waals surface area contributed by atoms with Crippen LogP contribution in [0.5, 0.6) is 5.75 Å². The topological polar surface area (TPSA) is 98.1 Å². The maximum Gasteiger partial charge on any atom is 0.412 e. The molecular formula is C23H20FN5O4. The fourth-order valence-corrected chi connectivity index (χ4v) is 3.29. The molecule has 168 valence electrons. The number of benzene rings is 1. The lowest BCUT2D eigenvalue weighted by Crippen LogP contribution is -2.26. The zero-order valence-corrected chi connectivity index (χ0v) is 18.1. The largest absolute Gasteiger partial charge is 0.493 e. The van der Waals surface area contributed by atoms with Crippen molar-refractivity contribution in [3.05, 3.63) is 72.4 Å². The molecule has 3 heterocycles. The minimum absolute atomic E-state index is 0.308. The number of hydrogen-bond acceptors (Lipinski definition) is 6. The van der Waals surface area contributed by atoms with E-state index in [1.807, 2.05) is 0 Å². The predicted octanol–water partition coefficient (Wildman–Crippen LogP) is 4.00. The standard InChI is InChI=1S/C23H20FN5O4/c1-28(17-7-5-16(24)6-8-17)22(30)15-10-19(32-2)21-26-12-18(29(21)13-15)14-4-9-20(25-11-14)27-23(31)33-3/h4-13H,1-3H3,(H,25,27,31). The Bertz CT molecular complexity index is 1320. The number of hydrogen-bond donors (Lipinski definition) is 1. The van der Waals surface area contributed by atoms with Gasteiger partial charge in [-0.2, -0.15) is 0 Å². The highest BCUT2D eigenvalue weighted by Crippen LogP contribution is 2.28. The van der Waals surface area contributed by atoms with Crippen LogP contribution in [0, 0.1) is 5.82 Å². The van der Waals surface area contributed by atoms with Crippen LogP contribution >= 0.6 is 0 Å². The van der Waals surface area contributed by atoms with Crippen molar-refractivity contribution in [2.24, 2.45) is 0 Å². The van der Waals surface area contributed by atoms with Crippen molar-refractivity contribution in [1.82, 2.24) is 14.4 Å². The van der Waals surface area contributed by atoms with E-state index < -0.39 is 6.09 Å². The molecule has 0 fully saturated rings. The lowest BCUT2D eigenvalue weighted by Gasteiger charge is -2.18. The molecule has 33 heavy (non-hydrogen) atoms. The number of pyridine rings is 2. The molecule has 3 aromatic heterocycles. The highest BCUT2D eigenvalue weighted by molar-refractivity contribution is 6.06. The Labute approximate surface area is 188 Å². The first-order valence-electron chi connectivity index (χ1n) is 9.81. The summed E-state index contributed by atoms with van der Waals surface area (Å²) in [7, 11) is 4.37. The van der Waals surface area contributed by atoms with Gasteiger partial charge in [0.25, 0.3) is 5.91 Å². The van der Waals surface area contributed by atoms with E-state index >= 15 is 0 Å². The molecule has 1 aromatic carbocycles. The van der Waals surface area contributed by atoms with E-state index in [1.165, 1.54) is 43.4 Å². The molecule has 4 rings (SSSR count). The van der Waals surface area contributed by atoms with E-state index in [1.54, 1.807) is 48.2 Å². The summed E-state index contributed by atoms with van der Waals surface area (Å²) in [6.45, 7) is 0. The molecule has 4 aromatic rings. The summed E-state index contributed by atoms with van der Waals surface area (Å²) < 4.78 is 25.0. The van der Waals surface area contributed by atoms with Crippen LogP contribution in [0.15, 0.2) is 61.1 Å². The molecule has 10 heteroatoms. The lowest BCUT2D eigenvalue weighted by molar-refractivity contribution is 0.0992. The van der Waals surface area contributed by atoms with Crippen LogP contribution in [0.1, 0.15) is 10.4 Å². The number of ether oxygens (including phenoxy) is 2. The summed E-state index contributed by atoms with van der Waals surface area (Å²) in [5.74, 6) is 0.0507. The number of aromatic nitrogens is 3. The smallest absolute Gasteiger partial charge is 0.412 e. The van der Waals surface area contributed by atoms with Crippen molar-refractivity contribution < 1.29 is 23.5 Å². The molecule has 0 aliphatic heterocycles. The van der Waals surface area contributed by atoms with E-state index in [0.717, 1.165) is 0 Å². The summed E-state index contributed by atoms with van der Waals surface area (Å²) in [6.07, 6.45) is 4.24. The molecule has 9 nitrogen and oxygen atoms in total. The molecule has 0 bridgehead atoms. The Morgan fingerprint density at radius 3 is 2.45 bits per heavy atom. The molecule has 0 spiro atoms. The van der Waals surface area contributed by atoms with E-state index in [9.17, 15) is 14.0 Å². The van der Waals surface area contributed by atoms with Gasteiger partial charge in [-0.3, -0.25) is 14.5 Å². The van der Waals surface area contributed by atoms with Crippen LogP contribution in [-0.2, 0) is 4.74 Å². The predicted molar refractivity (Wildman–Crippen MR) is 120 cm³/mol. The summed E-state index contributed by atoms with van der Waals surface area (Å²) in [5.41, 5.74) is 2.78. The number of anilines is 2. The van der Waals surface area contributed by atoms with Crippen LogP contribution in [0.3, 0.4) is 0 Å². The van der Waals surface area contributed by atoms with Gasteiger partial charge in [-0.15, -0.1) is 0 Å².